The zero-order chi connectivity index (χ0) is 17.8. The number of morpholine rings is 2. The molecule has 0 spiro atoms. The van der Waals surface area contributed by atoms with Crippen LogP contribution in [0.2, 0.25) is 5.02 Å². The minimum Gasteiger partial charge on any atom is -0.388 e. The van der Waals surface area contributed by atoms with Gasteiger partial charge < -0.3 is 19.5 Å². The van der Waals surface area contributed by atoms with Crippen molar-refractivity contribution in [3.8, 4) is 0 Å². The number of Topliss-reactive ketones (excluding diaryl/α,β-unsaturated/α-hetero) is 1. The van der Waals surface area contributed by atoms with Crippen molar-refractivity contribution in [3.05, 3.63) is 28.8 Å². The Kier molecular flexibility index (Phi) is 6.03. The molecule has 136 valence electrons. The van der Waals surface area contributed by atoms with Gasteiger partial charge in [-0.25, -0.2) is 0 Å². The minimum absolute atomic E-state index is 0.240. The van der Waals surface area contributed by atoms with Gasteiger partial charge >= 0.3 is 0 Å². The predicted octanol–water partition coefficient (Wildman–Crippen LogP) is 0.465. The Morgan fingerprint density at radius 1 is 1.24 bits per heavy atom. The van der Waals surface area contributed by atoms with Crippen molar-refractivity contribution in [2.24, 2.45) is 0 Å². The number of anilines is 1. The van der Waals surface area contributed by atoms with Crippen LogP contribution in [0.3, 0.4) is 0 Å². The second-order valence-corrected chi connectivity index (χ2v) is 6.44. The molecular weight excluding hydrogens is 348 g/mol. The SMILES string of the molecule is O=C(CO)C1OCCN(c2ccc(Cl)c(CN3CCOCC3)c2)C1=O. The zero-order valence-corrected chi connectivity index (χ0v) is 14.6. The van der Waals surface area contributed by atoms with Crippen LogP contribution in [0.5, 0.6) is 0 Å². The van der Waals surface area contributed by atoms with Crippen molar-refractivity contribution in [3.63, 3.8) is 0 Å². The summed E-state index contributed by atoms with van der Waals surface area (Å²) in [5.74, 6) is -1.08. The molecule has 7 nitrogen and oxygen atoms in total. The van der Waals surface area contributed by atoms with Gasteiger partial charge in [0.1, 0.15) is 6.61 Å². The molecule has 25 heavy (non-hydrogen) atoms. The normalized spacial score (nSPS) is 22.2. The largest absolute Gasteiger partial charge is 0.388 e. The molecule has 1 amide bonds. The van der Waals surface area contributed by atoms with E-state index in [1.54, 1.807) is 12.1 Å². The van der Waals surface area contributed by atoms with Gasteiger partial charge in [0.15, 0.2) is 11.9 Å². The molecular formula is C17H21ClN2O5. The lowest BCUT2D eigenvalue weighted by atomic mass is 10.1. The maximum atomic E-state index is 12.5. The number of carbonyl (C=O) groups is 2. The molecule has 2 saturated heterocycles. The summed E-state index contributed by atoms with van der Waals surface area (Å²) in [6, 6.07) is 5.40. The number of nitrogens with zero attached hydrogens (tertiary/aromatic N) is 2. The van der Waals surface area contributed by atoms with Gasteiger partial charge in [-0.05, 0) is 23.8 Å². The van der Waals surface area contributed by atoms with E-state index in [0.29, 0.717) is 37.0 Å². The average molecular weight is 369 g/mol. The molecule has 2 aliphatic rings. The van der Waals surface area contributed by atoms with E-state index in [4.69, 9.17) is 26.2 Å². The van der Waals surface area contributed by atoms with Crippen LogP contribution in [0.25, 0.3) is 0 Å². The first-order valence-corrected chi connectivity index (χ1v) is 8.63. The van der Waals surface area contributed by atoms with Crippen LogP contribution in [0.4, 0.5) is 5.69 Å². The summed E-state index contributed by atoms with van der Waals surface area (Å²) < 4.78 is 10.6. The van der Waals surface area contributed by atoms with E-state index in [0.717, 1.165) is 18.7 Å². The van der Waals surface area contributed by atoms with Crippen LogP contribution in [0.15, 0.2) is 18.2 Å². The molecule has 2 aliphatic heterocycles. The third kappa shape index (κ3) is 4.19. The standard InChI is InChI=1S/C17H21ClN2O5/c18-14-2-1-13(9-12(14)10-19-3-6-24-7-4-19)20-5-8-25-16(17(20)23)15(22)11-21/h1-2,9,16,21H,3-8,10-11H2. The van der Waals surface area contributed by atoms with E-state index in [1.165, 1.54) is 4.90 Å². The molecule has 1 aromatic rings. The molecule has 2 heterocycles. The molecule has 2 fully saturated rings. The van der Waals surface area contributed by atoms with Gasteiger partial charge in [-0.2, -0.15) is 0 Å². The van der Waals surface area contributed by atoms with E-state index < -0.39 is 24.4 Å². The van der Waals surface area contributed by atoms with Crippen LogP contribution in [0, 0.1) is 0 Å². The topological polar surface area (TPSA) is 79.3 Å². The number of benzene rings is 1. The summed E-state index contributed by atoms with van der Waals surface area (Å²) >= 11 is 6.32. The van der Waals surface area contributed by atoms with E-state index in [2.05, 4.69) is 4.90 Å². The fourth-order valence-corrected chi connectivity index (χ4v) is 3.18. The lowest BCUT2D eigenvalue weighted by molar-refractivity contribution is -0.147. The number of aliphatic hydroxyl groups excluding tert-OH is 1. The van der Waals surface area contributed by atoms with E-state index in [-0.39, 0.29) is 6.61 Å². The van der Waals surface area contributed by atoms with Crippen molar-refractivity contribution >= 4 is 29.0 Å². The molecule has 0 aromatic heterocycles. The highest BCUT2D eigenvalue weighted by atomic mass is 35.5. The lowest BCUT2D eigenvalue weighted by Gasteiger charge is -2.32. The van der Waals surface area contributed by atoms with Gasteiger partial charge in [0.2, 0.25) is 0 Å². The maximum absolute atomic E-state index is 12.5. The Morgan fingerprint density at radius 3 is 2.72 bits per heavy atom. The molecule has 1 aromatic carbocycles. The minimum atomic E-state index is -1.24. The molecule has 8 heteroatoms. The molecule has 0 radical (unpaired) electrons. The van der Waals surface area contributed by atoms with Crippen LogP contribution >= 0.6 is 11.6 Å². The summed E-state index contributed by atoms with van der Waals surface area (Å²) in [6.07, 6.45) is -1.24. The predicted molar refractivity (Wildman–Crippen MR) is 91.7 cm³/mol. The third-order valence-corrected chi connectivity index (χ3v) is 4.75. The number of rotatable bonds is 5. The fraction of sp³-hybridized carbons (Fsp3) is 0.529. The number of hydrogen-bond donors (Lipinski definition) is 1. The molecule has 0 saturated carbocycles. The highest BCUT2D eigenvalue weighted by molar-refractivity contribution is 6.31. The Bertz CT molecular complexity index is 648. The van der Waals surface area contributed by atoms with Crippen LogP contribution in [-0.4, -0.2) is 73.9 Å². The number of amides is 1. The molecule has 1 unspecified atom stereocenters. The number of hydrogen-bond acceptors (Lipinski definition) is 6. The van der Waals surface area contributed by atoms with Crippen molar-refractivity contribution < 1.29 is 24.2 Å². The van der Waals surface area contributed by atoms with Gasteiger partial charge in [0.05, 0.1) is 19.8 Å². The summed E-state index contributed by atoms with van der Waals surface area (Å²) in [5, 5.41) is 9.63. The molecule has 0 bridgehead atoms. The molecule has 1 N–H and O–H groups in total. The van der Waals surface area contributed by atoms with E-state index in [9.17, 15) is 9.59 Å². The highest BCUT2D eigenvalue weighted by Gasteiger charge is 2.35. The highest BCUT2D eigenvalue weighted by Crippen LogP contribution is 2.26. The van der Waals surface area contributed by atoms with Gasteiger partial charge in [0, 0.05) is 36.9 Å². The fourth-order valence-electron chi connectivity index (χ4n) is 3.01. The van der Waals surface area contributed by atoms with Gasteiger partial charge in [0.25, 0.3) is 5.91 Å². The number of ether oxygens (including phenoxy) is 2. The third-order valence-electron chi connectivity index (χ3n) is 4.38. The van der Waals surface area contributed by atoms with Crippen LogP contribution in [-0.2, 0) is 25.6 Å². The first-order chi connectivity index (χ1) is 12.1. The second kappa shape index (κ2) is 8.25. The van der Waals surface area contributed by atoms with Crippen molar-refractivity contribution in [2.45, 2.75) is 12.6 Å². The zero-order valence-electron chi connectivity index (χ0n) is 13.8. The Balaban J connectivity index is 1.78. The number of carbonyl (C=O) groups excluding carboxylic acids is 2. The van der Waals surface area contributed by atoms with Gasteiger partial charge in [-0.15, -0.1) is 0 Å². The van der Waals surface area contributed by atoms with Crippen molar-refractivity contribution in [1.82, 2.24) is 4.90 Å². The summed E-state index contributed by atoms with van der Waals surface area (Å²) in [7, 11) is 0. The first kappa shape index (κ1) is 18.3. The van der Waals surface area contributed by atoms with Gasteiger partial charge in [-0.1, -0.05) is 11.6 Å². The number of ketones is 1. The van der Waals surface area contributed by atoms with Crippen LogP contribution < -0.4 is 4.90 Å². The number of aliphatic hydroxyl groups is 1. The monoisotopic (exact) mass is 368 g/mol. The van der Waals surface area contributed by atoms with Crippen molar-refractivity contribution in [2.75, 3.05) is 51.0 Å². The number of halogens is 1. The lowest BCUT2D eigenvalue weighted by Crippen LogP contribution is -2.52. The van der Waals surface area contributed by atoms with Crippen LogP contribution in [0.1, 0.15) is 5.56 Å². The van der Waals surface area contributed by atoms with E-state index in [1.807, 2.05) is 6.07 Å². The second-order valence-electron chi connectivity index (χ2n) is 6.03. The maximum Gasteiger partial charge on any atom is 0.264 e. The smallest absolute Gasteiger partial charge is 0.264 e. The first-order valence-electron chi connectivity index (χ1n) is 8.25. The summed E-state index contributed by atoms with van der Waals surface area (Å²) in [4.78, 5) is 28.0. The van der Waals surface area contributed by atoms with E-state index >= 15 is 0 Å². The average Bonchev–Trinajstić information content (AvgIpc) is 2.64. The Morgan fingerprint density at radius 2 is 2.00 bits per heavy atom. The Labute approximate surface area is 151 Å². The molecule has 3 rings (SSSR count). The molecule has 1 atom stereocenters. The molecule has 0 aliphatic carbocycles. The summed E-state index contributed by atoms with van der Waals surface area (Å²) in [6.45, 7) is 3.62. The quantitative estimate of drug-likeness (QED) is 0.761. The Hall–Kier alpha value is -1.51. The van der Waals surface area contributed by atoms with Crippen molar-refractivity contribution in [1.29, 1.82) is 0 Å². The van der Waals surface area contributed by atoms with Gasteiger partial charge in [-0.3, -0.25) is 14.5 Å². The summed E-state index contributed by atoms with van der Waals surface area (Å²) in [5.41, 5.74) is 1.60.